The third-order valence-corrected chi connectivity index (χ3v) is 13.0. The maximum Gasteiger partial charge on any atom is 0.164 e. The Morgan fingerprint density at radius 2 is 1.50 bits per heavy atom. The van der Waals surface area contributed by atoms with Crippen LogP contribution in [0.2, 0.25) is 0 Å². The van der Waals surface area contributed by atoms with Crippen LogP contribution >= 0.6 is 11.3 Å². The monoisotopic (exact) mass is 737 g/mol. The van der Waals surface area contributed by atoms with E-state index in [1.807, 2.05) is 5.51 Å². The van der Waals surface area contributed by atoms with Crippen molar-refractivity contribution in [3.63, 3.8) is 0 Å². The maximum atomic E-state index is 5.17. The summed E-state index contributed by atoms with van der Waals surface area (Å²) in [6.07, 6.45) is 17.4. The minimum atomic E-state index is -0.117. The van der Waals surface area contributed by atoms with Gasteiger partial charge in [0.2, 0.25) is 0 Å². The van der Waals surface area contributed by atoms with Gasteiger partial charge in [-0.3, -0.25) is 0 Å². The van der Waals surface area contributed by atoms with E-state index in [9.17, 15) is 0 Å². The van der Waals surface area contributed by atoms with Crippen LogP contribution in [0.1, 0.15) is 49.5 Å². The Morgan fingerprint density at radius 1 is 0.732 bits per heavy atom. The molecule has 0 radical (unpaired) electrons. The SMILES string of the molecule is CC1(C)c2cc(-c3ccc4c(c3)c3cc(-c5nc(C6=CCCC=C6)nc(C6=CC=C[C@@H]7C=C67)n5)ccc3n4-c3ccccc3)ccc2-c2c1ccc1ncsc21. The van der Waals surface area contributed by atoms with Crippen molar-refractivity contribution in [2.24, 2.45) is 5.92 Å². The van der Waals surface area contributed by atoms with E-state index < -0.39 is 0 Å². The summed E-state index contributed by atoms with van der Waals surface area (Å²) in [5.74, 6) is 2.53. The van der Waals surface area contributed by atoms with Crippen LogP contribution < -0.4 is 0 Å². The molecule has 3 heterocycles. The van der Waals surface area contributed by atoms with Crippen LogP contribution in [0.4, 0.5) is 0 Å². The molecule has 4 aliphatic rings. The molecule has 12 rings (SSSR count). The van der Waals surface area contributed by atoms with Crippen molar-refractivity contribution in [3.8, 4) is 39.3 Å². The van der Waals surface area contributed by atoms with Gasteiger partial charge in [0.15, 0.2) is 17.5 Å². The third kappa shape index (κ3) is 4.72. The van der Waals surface area contributed by atoms with Crippen LogP contribution in [0.25, 0.3) is 82.5 Å². The highest BCUT2D eigenvalue weighted by Gasteiger charge is 2.37. The molecule has 0 saturated heterocycles. The van der Waals surface area contributed by atoms with E-state index >= 15 is 0 Å². The summed E-state index contributed by atoms with van der Waals surface area (Å²) in [5.41, 5.74) is 18.6. The first-order valence-electron chi connectivity index (χ1n) is 19.4. The maximum absolute atomic E-state index is 5.17. The van der Waals surface area contributed by atoms with Crippen LogP contribution in [0.15, 0.2) is 151 Å². The lowest BCUT2D eigenvalue weighted by atomic mass is 9.81. The number of benzene rings is 5. The number of allylic oxidation sites excluding steroid dienone is 10. The molecule has 6 heteroatoms. The summed E-state index contributed by atoms with van der Waals surface area (Å²) in [6, 6.07) is 35.8. The molecule has 4 aliphatic carbocycles. The summed E-state index contributed by atoms with van der Waals surface area (Å²) in [7, 11) is 0. The molecule has 0 amide bonds. The minimum Gasteiger partial charge on any atom is -0.309 e. The number of nitrogens with zero attached hydrogens (tertiary/aromatic N) is 5. The van der Waals surface area contributed by atoms with Crippen LogP contribution in [0, 0.1) is 5.92 Å². The molecule has 56 heavy (non-hydrogen) atoms. The molecule has 3 aromatic heterocycles. The van der Waals surface area contributed by atoms with Gasteiger partial charge in [-0.05, 0) is 101 Å². The number of fused-ring (bicyclic) bond motifs is 9. The normalized spacial score (nSPS) is 17.5. The zero-order valence-corrected chi connectivity index (χ0v) is 31.8. The van der Waals surface area contributed by atoms with E-state index in [0.29, 0.717) is 11.7 Å². The quantitative estimate of drug-likeness (QED) is 0.176. The predicted molar refractivity (Wildman–Crippen MR) is 231 cm³/mol. The van der Waals surface area contributed by atoms with Crippen molar-refractivity contribution in [2.45, 2.75) is 32.1 Å². The molecular formula is C50H35N5S. The summed E-state index contributed by atoms with van der Waals surface area (Å²) in [6.45, 7) is 4.71. The number of hydrogen-bond acceptors (Lipinski definition) is 5. The van der Waals surface area contributed by atoms with E-state index in [0.717, 1.165) is 68.8 Å². The fourth-order valence-electron chi connectivity index (χ4n) is 9.20. The van der Waals surface area contributed by atoms with Gasteiger partial charge in [-0.2, -0.15) is 0 Å². The van der Waals surface area contributed by atoms with Gasteiger partial charge in [0, 0.05) is 50.1 Å². The Labute approximate surface area is 328 Å². The first-order chi connectivity index (χ1) is 27.5. The second kappa shape index (κ2) is 11.8. The number of rotatable bonds is 5. The van der Waals surface area contributed by atoms with Gasteiger partial charge in [-0.15, -0.1) is 11.3 Å². The molecule has 0 saturated carbocycles. The van der Waals surface area contributed by atoms with Crippen molar-refractivity contribution < 1.29 is 0 Å². The molecule has 0 fully saturated rings. The lowest BCUT2D eigenvalue weighted by molar-refractivity contribution is 0.661. The lowest BCUT2D eigenvalue weighted by Crippen LogP contribution is -2.14. The van der Waals surface area contributed by atoms with Crippen LogP contribution in [0.5, 0.6) is 0 Å². The van der Waals surface area contributed by atoms with Crippen molar-refractivity contribution in [3.05, 3.63) is 173 Å². The van der Waals surface area contributed by atoms with E-state index in [1.165, 1.54) is 49.0 Å². The Hall–Kier alpha value is -6.50. The molecule has 0 bridgehead atoms. The zero-order chi connectivity index (χ0) is 37.1. The van der Waals surface area contributed by atoms with Gasteiger partial charge in [-0.1, -0.05) is 98.8 Å². The first kappa shape index (κ1) is 31.8. The minimum absolute atomic E-state index is 0.117. The van der Waals surface area contributed by atoms with E-state index in [-0.39, 0.29) is 5.41 Å². The highest BCUT2D eigenvalue weighted by Crippen LogP contribution is 2.53. The van der Waals surface area contributed by atoms with Crippen molar-refractivity contribution >= 4 is 54.5 Å². The molecule has 8 aromatic rings. The van der Waals surface area contributed by atoms with Crippen LogP contribution in [-0.2, 0) is 5.41 Å². The van der Waals surface area contributed by atoms with Gasteiger partial charge in [0.25, 0.3) is 0 Å². The summed E-state index contributed by atoms with van der Waals surface area (Å²) in [4.78, 5) is 20.0. The summed E-state index contributed by atoms with van der Waals surface area (Å²) >= 11 is 1.74. The fourth-order valence-corrected chi connectivity index (χ4v) is 10.0. The summed E-state index contributed by atoms with van der Waals surface area (Å²) in [5, 5.41) is 2.35. The topological polar surface area (TPSA) is 56.5 Å². The average Bonchev–Trinajstić information content (AvgIpc) is 3.67. The number of hydrogen-bond donors (Lipinski definition) is 0. The molecule has 1 atom stereocenters. The molecule has 0 spiro atoms. The summed E-state index contributed by atoms with van der Waals surface area (Å²) < 4.78 is 3.65. The van der Waals surface area contributed by atoms with Gasteiger partial charge < -0.3 is 4.57 Å². The van der Waals surface area contributed by atoms with E-state index in [1.54, 1.807) is 11.3 Å². The second-order valence-corrected chi connectivity index (χ2v) is 16.6. The fraction of sp³-hybridized carbons (Fsp3) is 0.120. The van der Waals surface area contributed by atoms with Crippen LogP contribution in [-0.4, -0.2) is 24.5 Å². The van der Waals surface area contributed by atoms with Crippen molar-refractivity contribution in [2.75, 3.05) is 0 Å². The molecule has 0 unspecified atom stereocenters. The van der Waals surface area contributed by atoms with Gasteiger partial charge >= 0.3 is 0 Å². The highest BCUT2D eigenvalue weighted by atomic mass is 32.1. The van der Waals surface area contributed by atoms with E-state index in [4.69, 9.17) is 15.0 Å². The van der Waals surface area contributed by atoms with E-state index in [2.05, 4.69) is 163 Å². The molecule has 0 aliphatic heterocycles. The lowest BCUT2D eigenvalue weighted by Gasteiger charge is -2.22. The first-order valence-corrected chi connectivity index (χ1v) is 20.3. The Balaban J connectivity index is 1.04. The van der Waals surface area contributed by atoms with Gasteiger partial charge in [-0.25, -0.2) is 19.9 Å². The highest BCUT2D eigenvalue weighted by molar-refractivity contribution is 7.17. The molecule has 5 nitrogen and oxygen atoms in total. The average molecular weight is 738 g/mol. The standard InChI is InChI=1S/C50H35N5S/c1-50(2)40-20-21-42-46(56-28-51-42)45(40)36-19-16-31(27-41(36)50)30-17-22-43-38(24-30)39-26-33(18-23-44(39)55(43)34-13-7-4-8-14-34)48-52-47(29-10-5-3-6-11-29)53-49(54-48)35-15-9-12-32-25-37(32)35/h4-5,7-28,32H,3,6H2,1-2H3/t32-/m1/s1. The number of thiazole rings is 1. The van der Waals surface area contributed by atoms with Crippen LogP contribution in [0.3, 0.4) is 0 Å². The third-order valence-electron chi connectivity index (χ3n) is 12.1. The molecule has 5 aromatic carbocycles. The second-order valence-electron chi connectivity index (χ2n) is 15.8. The van der Waals surface area contributed by atoms with Crippen molar-refractivity contribution in [1.82, 2.24) is 24.5 Å². The predicted octanol–water partition coefficient (Wildman–Crippen LogP) is 12.5. The zero-order valence-electron chi connectivity index (χ0n) is 31.0. The Morgan fingerprint density at radius 3 is 2.34 bits per heavy atom. The Kier molecular flexibility index (Phi) is 6.68. The van der Waals surface area contributed by atoms with Gasteiger partial charge in [0.1, 0.15) is 0 Å². The largest absolute Gasteiger partial charge is 0.309 e. The van der Waals surface area contributed by atoms with Gasteiger partial charge in [0.05, 0.1) is 26.8 Å². The number of aromatic nitrogens is 5. The molecule has 266 valence electrons. The number of para-hydroxylation sites is 1. The van der Waals surface area contributed by atoms with Crippen molar-refractivity contribution in [1.29, 1.82) is 0 Å². The smallest absolute Gasteiger partial charge is 0.164 e. The molecule has 0 N–H and O–H groups in total. The molecular weight excluding hydrogens is 703 g/mol. The Bertz CT molecular complexity index is 3170.